The Bertz CT molecular complexity index is 1090. The topological polar surface area (TPSA) is 78.9 Å². The van der Waals surface area contributed by atoms with Crippen LogP contribution in [0.25, 0.3) is 0 Å². The lowest BCUT2D eigenvalue weighted by atomic mass is 10.0. The van der Waals surface area contributed by atoms with Crippen molar-refractivity contribution >= 4 is 17.9 Å². The molecule has 0 saturated heterocycles. The van der Waals surface area contributed by atoms with Gasteiger partial charge in [-0.05, 0) is 31.1 Å². The van der Waals surface area contributed by atoms with Gasteiger partial charge >= 0.3 is 17.9 Å². The second-order valence-corrected chi connectivity index (χ2v) is 23.4. The second-order valence-electron chi connectivity index (χ2n) is 23.4. The predicted octanol–water partition coefficient (Wildman–Crippen LogP) is 21.6. The fourth-order valence-corrected chi connectivity index (χ4v) is 10.1. The summed E-state index contributed by atoms with van der Waals surface area (Å²) in [6, 6.07) is 0. The Morgan fingerprint density at radius 2 is 0.465 bits per heavy atom. The predicted molar refractivity (Wildman–Crippen MR) is 307 cm³/mol. The highest BCUT2D eigenvalue weighted by atomic mass is 16.6. The molecule has 0 radical (unpaired) electrons. The molecule has 422 valence electrons. The van der Waals surface area contributed by atoms with Crippen LogP contribution in [0.15, 0.2) is 0 Å². The van der Waals surface area contributed by atoms with E-state index in [0.717, 1.165) is 69.6 Å². The van der Waals surface area contributed by atoms with Crippen molar-refractivity contribution in [1.29, 1.82) is 0 Å². The van der Waals surface area contributed by atoms with Crippen molar-refractivity contribution in [3.8, 4) is 0 Å². The van der Waals surface area contributed by atoms with Gasteiger partial charge < -0.3 is 14.2 Å². The van der Waals surface area contributed by atoms with Gasteiger partial charge in [-0.3, -0.25) is 14.4 Å². The number of unbranched alkanes of at least 4 members (excludes halogenated alkanes) is 44. The third kappa shape index (κ3) is 59.2. The molecule has 1 atom stereocenters. The summed E-state index contributed by atoms with van der Waals surface area (Å²) in [4.78, 5) is 38.3. The van der Waals surface area contributed by atoms with Crippen LogP contribution in [0.4, 0.5) is 0 Å². The first-order valence-electron chi connectivity index (χ1n) is 32.2. The van der Waals surface area contributed by atoms with Crippen LogP contribution in [0.5, 0.6) is 0 Å². The van der Waals surface area contributed by atoms with Crippen molar-refractivity contribution in [2.45, 2.75) is 375 Å². The van der Waals surface area contributed by atoms with Gasteiger partial charge in [-0.25, -0.2) is 0 Å². The molecule has 0 unspecified atom stereocenters. The fraction of sp³-hybridized carbons (Fsp3) is 0.954. The molecule has 0 amide bonds. The molecule has 0 rings (SSSR count). The molecule has 0 saturated carbocycles. The smallest absolute Gasteiger partial charge is 0.306 e. The molecule has 0 aliphatic rings. The largest absolute Gasteiger partial charge is 0.462 e. The molecular weight excluding hydrogens is 877 g/mol. The monoisotopic (exact) mass is 1000 g/mol. The minimum Gasteiger partial charge on any atom is -0.462 e. The third-order valence-electron chi connectivity index (χ3n) is 15.0. The highest BCUT2D eigenvalue weighted by molar-refractivity contribution is 5.71. The zero-order valence-corrected chi connectivity index (χ0v) is 48.9. The Hall–Kier alpha value is -1.59. The van der Waals surface area contributed by atoms with Crippen molar-refractivity contribution in [3.63, 3.8) is 0 Å². The van der Waals surface area contributed by atoms with Crippen molar-refractivity contribution < 1.29 is 28.6 Å². The lowest BCUT2D eigenvalue weighted by Crippen LogP contribution is -2.30. The van der Waals surface area contributed by atoms with Gasteiger partial charge in [0.1, 0.15) is 13.2 Å². The zero-order valence-electron chi connectivity index (χ0n) is 48.9. The number of carbonyl (C=O) groups is 3. The number of hydrogen-bond donors (Lipinski definition) is 0. The Balaban J connectivity index is 4.26. The van der Waals surface area contributed by atoms with E-state index in [-0.39, 0.29) is 31.1 Å². The van der Waals surface area contributed by atoms with E-state index in [4.69, 9.17) is 14.2 Å². The first kappa shape index (κ1) is 69.4. The Morgan fingerprint density at radius 1 is 0.268 bits per heavy atom. The van der Waals surface area contributed by atoms with E-state index in [2.05, 4.69) is 34.6 Å². The Kier molecular flexibility index (Phi) is 56.4. The van der Waals surface area contributed by atoms with Gasteiger partial charge in [-0.2, -0.15) is 0 Å². The van der Waals surface area contributed by atoms with Crippen LogP contribution >= 0.6 is 0 Å². The summed E-state index contributed by atoms with van der Waals surface area (Å²) >= 11 is 0. The maximum Gasteiger partial charge on any atom is 0.306 e. The Labute approximate surface area is 444 Å². The molecule has 0 aromatic rings. The van der Waals surface area contributed by atoms with Crippen LogP contribution in [0, 0.1) is 11.8 Å². The molecule has 71 heavy (non-hydrogen) atoms. The van der Waals surface area contributed by atoms with E-state index in [9.17, 15) is 14.4 Å². The van der Waals surface area contributed by atoms with E-state index < -0.39 is 6.10 Å². The first-order valence-corrected chi connectivity index (χ1v) is 32.2. The summed E-state index contributed by atoms with van der Waals surface area (Å²) in [5.74, 6) is 0.867. The summed E-state index contributed by atoms with van der Waals surface area (Å²) in [6.45, 7) is 11.5. The van der Waals surface area contributed by atoms with Crippen LogP contribution in [-0.2, 0) is 28.6 Å². The summed E-state index contributed by atoms with van der Waals surface area (Å²) in [5, 5.41) is 0. The van der Waals surface area contributed by atoms with E-state index in [1.807, 2.05) is 0 Å². The summed E-state index contributed by atoms with van der Waals surface area (Å²) < 4.78 is 17.0. The molecule has 0 aromatic carbocycles. The van der Waals surface area contributed by atoms with Gasteiger partial charge in [-0.1, -0.05) is 330 Å². The molecule has 0 fully saturated rings. The summed E-state index contributed by atoms with van der Waals surface area (Å²) in [5.41, 5.74) is 0. The quantitative estimate of drug-likeness (QED) is 0.0343. The van der Waals surface area contributed by atoms with Crippen LogP contribution in [0.1, 0.15) is 369 Å². The molecule has 0 aliphatic carbocycles. The average Bonchev–Trinajstić information content (AvgIpc) is 3.35. The molecular formula is C65H126O6. The second kappa shape index (κ2) is 57.7. The van der Waals surface area contributed by atoms with Gasteiger partial charge in [0.25, 0.3) is 0 Å². The van der Waals surface area contributed by atoms with E-state index in [1.165, 1.54) is 257 Å². The van der Waals surface area contributed by atoms with E-state index in [1.54, 1.807) is 0 Å². The van der Waals surface area contributed by atoms with Crippen molar-refractivity contribution in [2.24, 2.45) is 11.8 Å². The zero-order chi connectivity index (χ0) is 51.8. The minimum absolute atomic E-state index is 0.0618. The van der Waals surface area contributed by atoms with Gasteiger partial charge in [0.15, 0.2) is 6.10 Å². The number of esters is 3. The van der Waals surface area contributed by atoms with Gasteiger partial charge in [0.05, 0.1) is 0 Å². The molecule has 0 aromatic heterocycles. The van der Waals surface area contributed by atoms with Gasteiger partial charge in [0, 0.05) is 19.3 Å². The molecule has 0 bridgehead atoms. The van der Waals surface area contributed by atoms with Crippen molar-refractivity contribution in [3.05, 3.63) is 0 Å². The van der Waals surface area contributed by atoms with Crippen LogP contribution in [-0.4, -0.2) is 37.2 Å². The average molecular weight is 1000 g/mol. The molecule has 0 N–H and O–H groups in total. The normalized spacial score (nSPS) is 12.0. The van der Waals surface area contributed by atoms with Crippen LogP contribution in [0.2, 0.25) is 0 Å². The summed E-state index contributed by atoms with van der Waals surface area (Å²) in [7, 11) is 0. The standard InChI is InChI=1S/C65H126O6/c1-6-7-8-9-10-11-12-13-14-20-25-30-35-40-45-50-55-63(66)69-58-62(71-65(68)57-52-47-42-37-32-27-22-24-29-34-39-44-49-54-61(4)5)59-70-64(67)56-51-46-41-36-31-26-21-18-16-15-17-19-23-28-33-38-43-48-53-60(2)3/h60-62H,6-59H2,1-5H3/t62-/m0/s1. The lowest BCUT2D eigenvalue weighted by Gasteiger charge is -2.18. The number of hydrogen-bond acceptors (Lipinski definition) is 6. The number of ether oxygens (including phenoxy) is 3. The lowest BCUT2D eigenvalue weighted by molar-refractivity contribution is -0.167. The SMILES string of the molecule is CCCCCCCCCCCCCCCCCCC(=O)OC[C@@H](COC(=O)CCCCCCCCCCCCCCCCCCCCC(C)C)OC(=O)CCCCCCCCCCCCCCCC(C)C. The minimum atomic E-state index is -0.764. The fourth-order valence-electron chi connectivity index (χ4n) is 10.1. The molecule has 0 spiro atoms. The number of rotatable bonds is 59. The first-order chi connectivity index (χ1) is 34.7. The van der Waals surface area contributed by atoms with Crippen molar-refractivity contribution in [1.82, 2.24) is 0 Å². The van der Waals surface area contributed by atoms with Gasteiger partial charge in [0.2, 0.25) is 0 Å². The van der Waals surface area contributed by atoms with Crippen LogP contribution < -0.4 is 0 Å². The molecule has 6 nitrogen and oxygen atoms in total. The molecule has 0 heterocycles. The highest BCUT2D eigenvalue weighted by Gasteiger charge is 2.19. The molecule has 0 aliphatic heterocycles. The maximum absolute atomic E-state index is 12.9. The highest BCUT2D eigenvalue weighted by Crippen LogP contribution is 2.19. The molecule has 6 heteroatoms. The number of carbonyl (C=O) groups excluding carboxylic acids is 3. The van der Waals surface area contributed by atoms with E-state index in [0.29, 0.717) is 19.3 Å². The van der Waals surface area contributed by atoms with Crippen molar-refractivity contribution in [2.75, 3.05) is 13.2 Å². The third-order valence-corrected chi connectivity index (χ3v) is 15.0. The van der Waals surface area contributed by atoms with Crippen LogP contribution in [0.3, 0.4) is 0 Å². The van der Waals surface area contributed by atoms with E-state index >= 15 is 0 Å². The van der Waals surface area contributed by atoms with Gasteiger partial charge in [-0.15, -0.1) is 0 Å². The summed E-state index contributed by atoms with van der Waals surface area (Å²) in [6.07, 6.45) is 63.9. The maximum atomic E-state index is 12.9. The Morgan fingerprint density at radius 3 is 0.690 bits per heavy atom.